The smallest absolute Gasteiger partial charge is 0.246 e. The van der Waals surface area contributed by atoms with Crippen molar-refractivity contribution in [3.05, 3.63) is 69.7 Å². The molecule has 5 heteroatoms. The molecule has 2 aliphatic carbocycles. The number of ether oxygens (including phenoxy) is 1. The molecule has 2 atom stereocenters. The molecule has 1 saturated heterocycles. The van der Waals surface area contributed by atoms with Gasteiger partial charge in [0.25, 0.3) is 0 Å². The molecule has 1 fully saturated rings. The average Bonchev–Trinajstić information content (AvgIpc) is 3.25. The fraction of sp³-hybridized carbons (Fsp3) is 0.480. The van der Waals surface area contributed by atoms with Gasteiger partial charge in [0.15, 0.2) is 0 Å². The number of rotatable bonds is 6. The van der Waals surface area contributed by atoms with Crippen molar-refractivity contribution in [2.75, 3.05) is 32.8 Å². The molecular weight excluding hydrogens is 396 g/mol. The van der Waals surface area contributed by atoms with Gasteiger partial charge in [0.05, 0.1) is 0 Å². The van der Waals surface area contributed by atoms with Crippen LogP contribution in [0.15, 0.2) is 42.5 Å². The SMILES string of the molecule is CCOCC(=O)NC1CCN(CC23CC(c4ccccc42)c2ccc(Cl)cc23)CC1. The molecule has 158 valence electrons. The molecule has 1 N–H and O–H groups in total. The molecule has 2 aromatic carbocycles. The molecule has 1 heterocycles. The van der Waals surface area contributed by atoms with Crippen LogP contribution in [-0.2, 0) is 14.9 Å². The maximum absolute atomic E-state index is 12.0. The lowest BCUT2D eigenvalue weighted by Gasteiger charge is -2.40. The van der Waals surface area contributed by atoms with Gasteiger partial charge in [0, 0.05) is 48.6 Å². The van der Waals surface area contributed by atoms with Gasteiger partial charge in [-0.05, 0) is 60.6 Å². The Bertz CT molecular complexity index is 954. The number of hydrogen-bond donors (Lipinski definition) is 1. The predicted octanol–water partition coefficient (Wildman–Crippen LogP) is 4.09. The van der Waals surface area contributed by atoms with E-state index in [0.29, 0.717) is 12.5 Å². The first-order valence-electron chi connectivity index (χ1n) is 11.1. The van der Waals surface area contributed by atoms with Crippen LogP contribution in [0, 0.1) is 0 Å². The first-order valence-corrected chi connectivity index (χ1v) is 11.5. The molecular formula is C25H29ClN2O2. The van der Waals surface area contributed by atoms with E-state index in [-0.39, 0.29) is 24.0 Å². The van der Waals surface area contributed by atoms with Crippen molar-refractivity contribution in [2.45, 2.75) is 43.6 Å². The van der Waals surface area contributed by atoms with Crippen LogP contribution in [0.25, 0.3) is 0 Å². The van der Waals surface area contributed by atoms with Crippen molar-refractivity contribution in [2.24, 2.45) is 0 Å². The van der Waals surface area contributed by atoms with Crippen molar-refractivity contribution in [3.63, 3.8) is 0 Å². The van der Waals surface area contributed by atoms with Crippen LogP contribution in [0.5, 0.6) is 0 Å². The number of nitrogens with one attached hydrogen (secondary N) is 1. The molecule has 30 heavy (non-hydrogen) atoms. The van der Waals surface area contributed by atoms with E-state index in [4.69, 9.17) is 16.3 Å². The Balaban J connectivity index is 1.33. The Labute approximate surface area is 183 Å². The third kappa shape index (κ3) is 3.35. The summed E-state index contributed by atoms with van der Waals surface area (Å²) in [4.78, 5) is 14.6. The number of fused-ring (bicyclic) bond motifs is 8. The van der Waals surface area contributed by atoms with Crippen molar-refractivity contribution < 1.29 is 9.53 Å². The first kappa shape index (κ1) is 20.0. The molecule has 5 rings (SSSR count). The number of benzene rings is 2. The van der Waals surface area contributed by atoms with Gasteiger partial charge in [-0.3, -0.25) is 4.79 Å². The Morgan fingerprint density at radius 2 is 1.93 bits per heavy atom. The Kier molecular flexibility index (Phi) is 5.34. The molecule has 2 bridgehead atoms. The summed E-state index contributed by atoms with van der Waals surface area (Å²) >= 11 is 6.43. The molecule has 0 spiro atoms. The summed E-state index contributed by atoms with van der Waals surface area (Å²) < 4.78 is 5.22. The zero-order valence-electron chi connectivity index (χ0n) is 17.5. The van der Waals surface area contributed by atoms with Gasteiger partial charge in [-0.1, -0.05) is 41.9 Å². The highest BCUT2D eigenvalue weighted by molar-refractivity contribution is 6.30. The number of likely N-dealkylation sites (tertiary alicyclic amines) is 1. The fourth-order valence-corrected chi connectivity index (χ4v) is 6.07. The number of carbonyl (C=O) groups excluding carboxylic acids is 1. The number of piperidine rings is 1. The van der Waals surface area contributed by atoms with E-state index in [1.807, 2.05) is 13.0 Å². The number of amides is 1. The topological polar surface area (TPSA) is 41.6 Å². The maximum atomic E-state index is 12.0. The molecule has 1 amide bonds. The molecule has 1 aliphatic heterocycles. The fourth-order valence-electron chi connectivity index (χ4n) is 5.90. The Morgan fingerprint density at radius 3 is 2.73 bits per heavy atom. The Morgan fingerprint density at radius 1 is 1.17 bits per heavy atom. The number of carbonyl (C=O) groups is 1. The van der Waals surface area contributed by atoms with Crippen LogP contribution in [0.4, 0.5) is 0 Å². The zero-order valence-corrected chi connectivity index (χ0v) is 18.3. The highest BCUT2D eigenvalue weighted by Gasteiger charge is 2.53. The van der Waals surface area contributed by atoms with E-state index in [2.05, 4.69) is 46.6 Å². The van der Waals surface area contributed by atoms with Gasteiger partial charge in [-0.2, -0.15) is 0 Å². The van der Waals surface area contributed by atoms with Crippen LogP contribution in [0.3, 0.4) is 0 Å². The van der Waals surface area contributed by atoms with Gasteiger partial charge in [-0.15, -0.1) is 0 Å². The summed E-state index contributed by atoms with van der Waals surface area (Å²) in [5, 5.41) is 3.96. The van der Waals surface area contributed by atoms with Gasteiger partial charge >= 0.3 is 0 Å². The van der Waals surface area contributed by atoms with Gasteiger partial charge < -0.3 is 15.0 Å². The molecule has 3 aliphatic rings. The summed E-state index contributed by atoms with van der Waals surface area (Å²) in [7, 11) is 0. The lowest BCUT2D eigenvalue weighted by molar-refractivity contribution is -0.126. The minimum Gasteiger partial charge on any atom is -0.372 e. The van der Waals surface area contributed by atoms with E-state index in [1.54, 1.807) is 0 Å². The van der Waals surface area contributed by atoms with Gasteiger partial charge in [0.2, 0.25) is 5.91 Å². The van der Waals surface area contributed by atoms with E-state index < -0.39 is 0 Å². The molecule has 2 unspecified atom stereocenters. The summed E-state index contributed by atoms with van der Waals surface area (Å²) in [6.45, 7) is 5.67. The van der Waals surface area contributed by atoms with E-state index in [1.165, 1.54) is 22.3 Å². The van der Waals surface area contributed by atoms with E-state index in [0.717, 1.165) is 43.9 Å². The standard InChI is InChI=1S/C25H29ClN2O2/c1-2-30-15-24(29)27-18-9-11-28(12-10-18)16-25-14-21(19-5-3-4-6-22(19)25)20-8-7-17(26)13-23(20)25/h3-8,13,18,21H,2,9-12,14-16H2,1H3,(H,27,29). The quantitative estimate of drug-likeness (QED) is 0.759. The third-order valence-corrected chi connectivity index (χ3v) is 7.43. The van der Waals surface area contributed by atoms with Crippen molar-refractivity contribution >= 4 is 17.5 Å². The van der Waals surface area contributed by atoms with Crippen LogP contribution >= 0.6 is 11.6 Å². The van der Waals surface area contributed by atoms with Gasteiger partial charge in [-0.25, -0.2) is 0 Å². The van der Waals surface area contributed by atoms with Crippen LogP contribution in [0.2, 0.25) is 5.02 Å². The van der Waals surface area contributed by atoms with E-state index >= 15 is 0 Å². The van der Waals surface area contributed by atoms with Crippen LogP contribution in [0.1, 0.15) is 54.4 Å². The van der Waals surface area contributed by atoms with Crippen molar-refractivity contribution in [3.8, 4) is 0 Å². The summed E-state index contributed by atoms with van der Waals surface area (Å²) in [6.07, 6.45) is 3.12. The first-order chi connectivity index (χ1) is 14.6. The monoisotopic (exact) mass is 424 g/mol. The van der Waals surface area contributed by atoms with Crippen LogP contribution < -0.4 is 5.32 Å². The van der Waals surface area contributed by atoms with Crippen LogP contribution in [-0.4, -0.2) is 49.7 Å². The summed E-state index contributed by atoms with van der Waals surface area (Å²) in [6, 6.07) is 15.7. The largest absolute Gasteiger partial charge is 0.372 e. The molecule has 0 radical (unpaired) electrons. The molecule has 4 nitrogen and oxygen atoms in total. The molecule has 2 aromatic rings. The van der Waals surface area contributed by atoms with Gasteiger partial charge in [0.1, 0.15) is 6.61 Å². The highest BCUT2D eigenvalue weighted by Crippen LogP contribution is 2.60. The summed E-state index contributed by atoms with van der Waals surface area (Å²) in [5.41, 5.74) is 5.89. The maximum Gasteiger partial charge on any atom is 0.246 e. The lowest BCUT2D eigenvalue weighted by Crippen LogP contribution is -2.49. The zero-order chi connectivity index (χ0) is 20.7. The second-order valence-electron chi connectivity index (χ2n) is 8.91. The second kappa shape index (κ2) is 7.99. The van der Waals surface area contributed by atoms with Crippen molar-refractivity contribution in [1.82, 2.24) is 10.2 Å². The normalized spacial score (nSPS) is 25.2. The number of nitrogens with zero attached hydrogens (tertiary/aromatic N) is 1. The number of hydrogen-bond acceptors (Lipinski definition) is 3. The average molecular weight is 425 g/mol. The summed E-state index contributed by atoms with van der Waals surface area (Å²) in [5.74, 6) is 0.490. The minimum atomic E-state index is 0.000757. The predicted molar refractivity (Wildman–Crippen MR) is 119 cm³/mol. The molecule has 0 saturated carbocycles. The van der Waals surface area contributed by atoms with Crippen molar-refractivity contribution in [1.29, 1.82) is 0 Å². The highest BCUT2D eigenvalue weighted by atomic mass is 35.5. The minimum absolute atomic E-state index is 0.000757. The lowest BCUT2D eigenvalue weighted by atomic mass is 9.74. The Hall–Kier alpha value is -1.88. The molecule has 0 aromatic heterocycles. The number of halogens is 1. The van der Waals surface area contributed by atoms with E-state index in [9.17, 15) is 4.79 Å². The second-order valence-corrected chi connectivity index (χ2v) is 9.35. The third-order valence-electron chi connectivity index (χ3n) is 7.19.